The number of carbonyl (C=O) groups excluding carboxylic acids is 2. The van der Waals surface area contributed by atoms with Crippen molar-refractivity contribution >= 4 is 45.7 Å². The third-order valence-corrected chi connectivity index (χ3v) is 10.1. The summed E-state index contributed by atoms with van der Waals surface area (Å²) in [5.41, 5.74) is 4.33. The van der Waals surface area contributed by atoms with Crippen LogP contribution in [-0.4, -0.2) is 33.6 Å². The third kappa shape index (κ3) is 7.45. The molecule has 1 aliphatic rings. The number of aryl methyl sites for hydroxylation is 1. The van der Waals surface area contributed by atoms with Gasteiger partial charge in [0.2, 0.25) is 5.13 Å². The molecular weight excluding hydrogens is 643 g/mol. The van der Waals surface area contributed by atoms with Crippen molar-refractivity contribution in [2.45, 2.75) is 49.4 Å². The molecule has 48 heavy (non-hydrogen) atoms. The van der Waals surface area contributed by atoms with Crippen LogP contribution in [0.15, 0.2) is 113 Å². The molecular formula is C38H35N3O5S2. The maximum absolute atomic E-state index is 13.7. The number of thioether (sulfide) groups is 1. The number of aromatic nitrogens is 2. The number of ketones is 1. The Labute approximate surface area is 288 Å². The van der Waals surface area contributed by atoms with E-state index in [0.717, 1.165) is 29.5 Å². The molecule has 2 heterocycles. The molecule has 1 aromatic heterocycles. The average molecular weight is 678 g/mol. The van der Waals surface area contributed by atoms with Gasteiger partial charge < -0.3 is 14.6 Å². The Kier molecular flexibility index (Phi) is 10.5. The van der Waals surface area contributed by atoms with Gasteiger partial charge >= 0.3 is 5.91 Å². The predicted molar refractivity (Wildman–Crippen MR) is 189 cm³/mol. The first-order valence-electron chi connectivity index (χ1n) is 15.7. The van der Waals surface area contributed by atoms with Gasteiger partial charge in [0.1, 0.15) is 23.9 Å². The molecule has 0 aliphatic carbocycles. The van der Waals surface area contributed by atoms with E-state index in [1.54, 1.807) is 24.3 Å². The Morgan fingerprint density at radius 1 is 0.875 bits per heavy atom. The molecule has 0 radical (unpaired) electrons. The summed E-state index contributed by atoms with van der Waals surface area (Å²) in [4.78, 5) is 28.7. The topological polar surface area (TPSA) is 102 Å². The van der Waals surface area contributed by atoms with E-state index in [2.05, 4.69) is 17.1 Å². The maximum atomic E-state index is 13.7. The molecule has 0 saturated carbocycles. The van der Waals surface area contributed by atoms with Crippen molar-refractivity contribution in [3.8, 4) is 11.5 Å². The number of ether oxygens (including phenoxy) is 2. The highest BCUT2D eigenvalue weighted by Gasteiger charge is 2.48. The summed E-state index contributed by atoms with van der Waals surface area (Å²) >= 11 is 2.74. The summed E-state index contributed by atoms with van der Waals surface area (Å²) in [5.74, 6) is 0.119. The highest BCUT2D eigenvalue weighted by Crippen LogP contribution is 2.44. The van der Waals surface area contributed by atoms with Crippen LogP contribution in [0.25, 0.3) is 5.76 Å². The van der Waals surface area contributed by atoms with Crippen molar-refractivity contribution in [3.63, 3.8) is 0 Å². The normalized spacial score (nSPS) is 15.5. The number of anilines is 1. The molecule has 1 N–H and O–H groups in total. The van der Waals surface area contributed by atoms with Crippen molar-refractivity contribution in [1.82, 2.24) is 10.2 Å². The molecule has 0 bridgehead atoms. The smallest absolute Gasteiger partial charge is 0.301 e. The molecule has 1 aliphatic heterocycles. The SMILES string of the molecule is CCCCOc1ccc(C2/C(=C(\O)c3ccc(OCc4ccccc4C)cc3)C(=O)C(=O)N2c2nnc(SCc3ccccc3)s2)cc1. The Morgan fingerprint density at radius 2 is 1.56 bits per heavy atom. The van der Waals surface area contributed by atoms with Crippen LogP contribution >= 0.6 is 23.1 Å². The van der Waals surface area contributed by atoms with E-state index >= 15 is 0 Å². The van der Waals surface area contributed by atoms with Crippen LogP contribution < -0.4 is 14.4 Å². The van der Waals surface area contributed by atoms with Crippen LogP contribution in [-0.2, 0) is 21.9 Å². The zero-order chi connectivity index (χ0) is 33.5. The van der Waals surface area contributed by atoms with E-state index in [4.69, 9.17) is 9.47 Å². The summed E-state index contributed by atoms with van der Waals surface area (Å²) in [6.45, 7) is 5.12. The monoisotopic (exact) mass is 677 g/mol. The van der Waals surface area contributed by atoms with Gasteiger partial charge in [0.25, 0.3) is 5.78 Å². The van der Waals surface area contributed by atoms with Gasteiger partial charge in [0, 0.05) is 11.3 Å². The molecule has 1 saturated heterocycles. The van der Waals surface area contributed by atoms with Crippen LogP contribution in [0.1, 0.15) is 53.6 Å². The minimum absolute atomic E-state index is 0.0260. The van der Waals surface area contributed by atoms with Gasteiger partial charge in [-0.1, -0.05) is 103 Å². The largest absolute Gasteiger partial charge is 0.507 e. The Hall–Kier alpha value is -4.93. The number of aliphatic hydroxyl groups is 1. The average Bonchev–Trinajstić information content (AvgIpc) is 3.69. The van der Waals surface area contributed by atoms with E-state index in [-0.39, 0.29) is 16.5 Å². The highest BCUT2D eigenvalue weighted by atomic mass is 32.2. The van der Waals surface area contributed by atoms with Crippen molar-refractivity contribution in [2.24, 2.45) is 0 Å². The summed E-state index contributed by atoms with van der Waals surface area (Å²) in [6, 6.07) is 31.2. The zero-order valence-electron chi connectivity index (χ0n) is 26.7. The Bertz CT molecular complexity index is 1910. The fourth-order valence-electron chi connectivity index (χ4n) is 5.30. The van der Waals surface area contributed by atoms with Gasteiger partial charge in [-0.15, -0.1) is 10.2 Å². The second-order valence-corrected chi connectivity index (χ2v) is 13.5. The first-order chi connectivity index (χ1) is 23.4. The lowest BCUT2D eigenvalue weighted by Gasteiger charge is -2.22. The van der Waals surface area contributed by atoms with Gasteiger partial charge in [-0.25, -0.2) is 0 Å². The second kappa shape index (κ2) is 15.3. The number of amides is 1. The second-order valence-electron chi connectivity index (χ2n) is 11.3. The fraction of sp³-hybridized carbons (Fsp3) is 0.211. The number of Topliss-reactive ketones (excluding diaryl/α,β-unsaturated/α-hetero) is 1. The first kappa shape index (κ1) is 33.0. The van der Waals surface area contributed by atoms with Crippen LogP contribution in [0.2, 0.25) is 0 Å². The molecule has 1 fully saturated rings. The standard InChI is InChI=1S/C38H35N3O5S2/c1-3-4-22-45-30-18-14-27(15-19-30)33-32(34(42)28-16-20-31(21-17-28)46-23-29-13-9-8-10-25(29)2)35(43)36(44)41(33)37-39-40-38(48-37)47-24-26-11-6-5-7-12-26/h5-21,33,42H,3-4,22-24H2,1-2H3/b34-32+. The number of hydrogen-bond acceptors (Lipinski definition) is 9. The van der Waals surface area contributed by atoms with E-state index in [1.165, 1.54) is 28.0 Å². The highest BCUT2D eigenvalue weighted by molar-refractivity contribution is 8.00. The molecule has 1 atom stereocenters. The summed E-state index contributed by atoms with van der Waals surface area (Å²) in [6.07, 6.45) is 1.94. The molecule has 0 spiro atoms. The van der Waals surface area contributed by atoms with Gasteiger partial charge in [0.15, 0.2) is 4.34 Å². The van der Waals surface area contributed by atoms with Crippen LogP contribution in [0.4, 0.5) is 5.13 Å². The lowest BCUT2D eigenvalue weighted by molar-refractivity contribution is -0.132. The number of aliphatic hydroxyl groups excluding tert-OH is 1. The minimum atomic E-state index is -0.924. The van der Waals surface area contributed by atoms with Crippen molar-refractivity contribution in [1.29, 1.82) is 0 Å². The fourth-order valence-corrected chi connectivity index (χ4v) is 7.12. The molecule has 4 aromatic carbocycles. The van der Waals surface area contributed by atoms with Gasteiger partial charge in [-0.2, -0.15) is 0 Å². The summed E-state index contributed by atoms with van der Waals surface area (Å²) < 4.78 is 12.5. The lowest BCUT2D eigenvalue weighted by atomic mass is 9.95. The van der Waals surface area contributed by atoms with Crippen molar-refractivity contribution in [2.75, 3.05) is 11.5 Å². The number of benzene rings is 4. The van der Waals surface area contributed by atoms with E-state index in [0.29, 0.717) is 45.9 Å². The summed E-state index contributed by atoms with van der Waals surface area (Å²) in [5, 5.41) is 20.5. The third-order valence-electron chi connectivity index (χ3n) is 8.00. The van der Waals surface area contributed by atoms with E-state index in [1.807, 2.05) is 85.8 Å². The van der Waals surface area contributed by atoms with Crippen molar-refractivity contribution < 1.29 is 24.2 Å². The minimum Gasteiger partial charge on any atom is -0.507 e. The van der Waals surface area contributed by atoms with Crippen molar-refractivity contribution in [3.05, 3.63) is 137 Å². The Morgan fingerprint density at radius 3 is 2.29 bits per heavy atom. The van der Waals surface area contributed by atoms with Gasteiger partial charge in [-0.3, -0.25) is 14.5 Å². The van der Waals surface area contributed by atoms with Gasteiger partial charge in [-0.05, 0) is 72.0 Å². The molecule has 8 nitrogen and oxygen atoms in total. The van der Waals surface area contributed by atoms with E-state index in [9.17, 15) is 14.7 Å². The number of rotatable bonds is 13. The zero-order valence-corrected chi connectivity index (χ0v) is 28.3. The van der Waals surface area contributed by atoms with Crippen LogP contribution in [0, 0.1) is 6.92 Å². The molecule has 1 amide bonds. The molecule has 10 heteroatoms. The number of carbonyl (C=O) groups is 2. The number of hydrogen-bond donors (Lipinski definition) is 1. The number of unbranched alkanes of at least 4 members (excludes halogenated alkanes) is 1. The lowest BCUT2D eigenvalue weighted by Crippen LogP contribution is -2.29. The molecule has 1 unspecified atom stereocenters. The molecule has 5 aromatic rings. The number of nitrogens with zero attached hydrogens (tertiary/aromatic N) is 3. The van der Waals surface area contributed by atoms with Gasteiger partial charge in [0.05, 0.1) is 18.2 Å². The quantitative estimate of drug-likeness (QED) is 0.0331. The van der Waals surface area contributed by atoms with E-state index < -0.39 is 17.7 Å². The maximum Gasteiger partial charge on any atom is 0.301 e. The van der Waals surface area contributed by atoms with Crippen LogP contribution in [0.5, 0.6) is 11.5 Å². The molecule has 244 valence electrons. The predicted octanol–water partition coefficient (Wildman–Crippen LogP) is 8.52. The molecule has 6 rings (SSSR count). The first-order valence-corrected chi connectivity index (χ1v) is 17.5. The Balaban J connectivity index is 1.30. The van der Waals surface area contributed by atoms with Crippen LogP contribution in [0.3, 0.4) is 0 Å². The summed E-state index contributed by atoms with van der Waals surface area (Å²) in [7, 11) is 0.